The summed E-state index contributed by atoms with van der Waals surface area (Å²) in [5.41, 5.74) is -5.17. The van der Waals surface area contributed by atoms with Crippen LogP contribution in [0.15, 0.2) is 23.8 Å². The largest absolute Gasteiger partial charge is 0.390 e. The van der Waals surface area contributed by atoms with Crippen LogP contribution in [0.4, 0.5) is 4.39 Å². The van der Waals surface area contributed by atoms with Crippen LogP contribution in [0.5, 0.6) is 0 Å². The smallest absolute Gasteiger partial charge is 0.190 e. The fraction of sp³-hybridized carbons (Fsp3) is 0.727. The van der Waals surface area contributed by atoms with Gasteiger partial charge >= 0.3 is 0 Å². The van der Waals surface area contributed by atoms with E-state index in [0.717, 1.165) is 0 Å². The number of hydrogen-bond acceptors (Lipinski definition) is 5. The van der Waals surface area contributed by atoms with E-state index >= 15 is 4.39 Å². The Balaban J connectivity index is 1.84. The third-order valence-corrected chi connectivity index (χ3v) is 8.79. The summed E-state index contributed by atoms with van der Waals surface area (Å²) in [6.45, 7) is 4.48. The molecule has 6 heteroatoms. The lowest BCUT2D eigenvalue weighted by molar-refractivity contribution is -0.219. The van der Waals surface area contributed by atoms with E-state index in [1.807, 2.05) is 0 Å². The first-order valence-electron chi connectivity index (χ1n) is 10.1. The zero-order valence-corrected chi connectivity index (χ0v) is 16.6. The molecule has 0 spiro atoms. The highest BCUT2D eigenvalue weighted by atomic mass is 19.1. The first-order valence-corrected chi connectivity index (χ1v) is 10.1. The van der Waals surface area contributed by atoms with E-state index in [4.69, 9.17) is 0 Å². The molecule has 3 N–H and O–H groups in total. The van der Waals surface area contributed by atoms with Crippen LogP contribution in [0, 0.1) is 28.6 Å². The van der Waals surface area contributed by atoms with Crippen molar-refractivity contribution in [3.05, 3.63) is 23.8 Å². The van der Waals surface area contributed by atoms with Crippen LogP contribution in [0.2, 0.25) is 0 Å². The van der Waals surface area contributed by atoms with Gasteiger partial charge in [-0.3, -0.25) is 9.59 Å². The summed E-state index contributed by atoms with van der Waals surface area (Å²) in [5, 5.41) is 32.0. The van der Waals surface area contributed by atoms with Gasteiger partial charge in [0.2, 0.25) is 0 Å². The number of aliphatic hydroxyl groups excluding tert-OH is 2. The third kappa shape index (κ3) is 2.01. The lowest BCUT2D eigenvalue weighted by Gasteiger charge is -2.62. The molecule has 0 radical (unpaired) electrons. The number of fused-ring (bicyclic) bond motifs is 5. The molecule has 4 aliphatic carbocycles. The molecule has 3 saturated carbocycles. The van der Waals surface area contributed by atoms with E-state index in [0.29, 0.717) is 24.8 Å². The van der Waals surface area contributed by atoms with Gasteiger partial charge in [0, 0.05) is 16.7 Å². The number of halogens is 1. The minimum atomic E-state index is -1.98. The van der Waals surface area contributed by atoms with Crippen molar-refractivity contribution in [2.24, 2.45) is 28.6 Å². The zero-order valence-electron chi connectivity index (χ0n) is 16.6. The minimum Gasteiger partial charge on any atom is -0.390 e. The molecule has 0 aliphatic heterocycles. The SMILES string of the molecule is C[C@H]1CC2C3CCC4=CC(=O)C=C[C@]4(C)[C@@]3(F)[C@@H](O)C[C@]2(C)[C@@]1(O)C(=O)CO. The summed E-state index contributed by atoms with van der Waals surface area (Å²) in [5.74, 6) is -2.12. The Morgan fingerprint density at radius 3 is 2.64 bits per heavy atom. The number of ketones is 2. The summed E-state index contributed by atoms with van der Waals surface area (Å²) in [4.78, 5) is 24.4. The summed E-state index contributed by atoms with van der Waals surface area (Å²) in [6, 6.07) is 0. The van der Waals surface area contributed by atoms with Crippen LogP contribution < -0.4 is 0 Å². The highest BCUT2D eigenvalue weighted by Crippen LogP contribution is 2.70. The molecular weight excluding hydrogens is 363 g/mol. The second-order valence-corrected chi connectivity index (χ2v) is 9.75. The first kappa shape index (κ1) is 19.9. The Hall–Kier alpha value is -1.37. The molecule has 0 amide bonds. The summed E-state index contributed by atoms with van der Waals surface area (Å²) >= 11 is 0. The number of aliphatic hydroxyl groups is 3. The molecule has 0 aromatic heterocycles. The molecular formula is C22H29FO5. The van der Waals surface area contributed by atoms with Gasteiger partial charge in [-0.05, 0) is 56.6 Å². The molecule has 0 aromatic carbocycles. The fourth-order valence-corrected chi connectivity index (χ4v) is 7.26. The molecule has 154 valence electrons. The van der Waals surface area contributed by atoms with Gasteiger partial charge in [0.1, 0.15) is 12.2 Å². The van der Waals surface area contributed by atoms with Crippen molar-refractivity contribution in [1.29, 1.82) is 0 Å². The predicted octanol–water partition coefficient (Wildman–Crippen LogP) is 1.90. The van der Waals surface area contributed by atoms with Crippen molar-refractivity contribution in [3.63, 3.8) is 0 Å². The molecule has 2 unspecified atom stereocenters. The standard InChI is InChI=1S/C22H29FO5/c1-12-8-16-15-5-4-13-9-14(25)6-7-19(13,2)21(15,23)17(26)10-20(16,3)22(12,28)18(27)11-24/h6-7,9,12,15-17,24,26,28H,4-5,8,10-11H2,1-3H3/t12-,15?,16?,17-,19-,20-,21-,22-/m0/s1. The van der Waals surface area contributed by atoms with E-state index in [1.165, 1.54) is 12.2 Å². The van der Waals surface area contributed by atoms with Crippen molar-refractivity contribution < 1.29 is 29.3 Å². The van der Waals surface area contributed by atoms with Crippen molar-refractivity contribution in [3.8, 4) is 0 Å². The molecule has 5 nitrogen and oxygen atoms in total. The van der Waals surface area contributed by atoms with E-state index < -0.39 is 52.4 Å². The number of carbonyl (C=O) groups is 2. The number of rotatable bonds is 2. The van der Waals surface area contributed by atoms with Crippen LogP contribution in [0.1, 0.15) is 46.5 Å². The third-order valence-electron chi connectivity index (χ3n) is 8.79. The number of carbonyl (C=O) groups excluding carboxylic acids is 2. The second-order valence-electron chi connectivity index (χ2n) is 9.75. The number of allylic oxidation sites excluding steroid dienone is 4. The van der Waals surface area contributed by atoms with Gasteiger partial charge in [-0.1, -0.05) is 25.5 Å². The Labute approximate surface area is 164 Å². The maximum absolute atomic E-state index is 16.9. The van der Waals surface area contributed by atoms with Crippen LogP contribution in [0.25, 0.3) is 0 Å². The highest BCUT2D eigenvalue weighted by Gasteiger charge is 2.75. The van der Waals surface area contributed by atoms with E-state index in [1.54, 1.807) is 26.8 Å². The lowest BCUT2D eigenvalue weighted by Crippen LogP contribution is -2.69. The predicted molar refractivity (Wildman–Crippen MR) is 99.9 cm³/mol. The molecule has 28 heavy (non-hydrogen) atoms. The molecule has 0 aromatic rings. The summed E-state index contributed by atoms with van der Waals surface area (Å²) in [6.07, 6.45) is 4.44. The quantitative estimate of drug-likeness (QED) is 0.667. The molecule has 3 fully saturated rings. The average molecular weight is 392 g/mol. The minimum absolute atomic E-state index is 0.0676. The Bertz CT molecular complexity index is 805. The topological polar surface area (TPSA) is 94.8 Å². The van der Waals surface area contributed by atoms with Crippen LogP contribution in [0.3, 0.4) is 0 Å². The molecule has 4 rings (SSSR count). The Morgan fingerprint density at radius 2 is 2.00 bits per heavy atom. The van der Waals surface area contributed by atoms with Gasteiger partial charge < -0.3 is 15.3 Å². The summed E-state index contributed by atoms with van der Waals surface area (Å²) < 4.78 is 16.9. The molecule has 4 aliphatic rings. The maximum atomic E-state index is 16.9. The van der Waals surface area contributed by atoms with Gasteiger partial charge in [-0.25, -0.2) is 4.39 Å². The number of alkyl halides is 1. The molecule has 0 heterocycles. The number of hydrogen-bond donors (Lipinski definition) is 3. The highest BCUT2D eigenvalue weighted by molar-refractivity contribution is 6.01. The second kappa shape index (κ2) is 5.83. The number of Topliss-reactive ketones (excluding diaryl/α,β-unsaturated/α-hetero) is 1. The first-order chi connectivity index (χ1) is 13.0. The van der Waals surface area contributed by atoms with E-state index in [2.05, 4.69) is 0 Å². The van der Waals surface area contributed by atoms with Crippen molar-refractivity contribution in [2.45, 2.75) is 63.8 Å². The van der Waals surface area contributed by atoms with E-state index in [9.17, 15) is 24.9 Å². The summed E-state index contributed by atoms with van der Waals surface area (Å²) in [7, 11) is 0. The van der Waals surface area contributed by atoms with Crippen LogP contribution in [-0.2, 0) is 9.59 Å². The Kier molecular flexibility index (Phi) is 4.15. The maximum Gasteiger partial charge on any atom is 0.190 e. The monoisotopic (exact) mass is 392 g/mol. The van der Waals surface area contributed by atoms with Gasteiger partial charge in [0.05, 0.1) is 6.10 Å². The van der Waals surface area contributed by atoms with Crippen LogP contribution >= 0.6 is 0 Å². The normalized spacial score (nSPS) is 52.5. The Morgan fingerprint density at radius 1 is 1.32 bits per heavy atom. The van der Waals surface area contributed by atoms with Crippen LogP contribution in [-0.4, -0.2) is 50.9 Å². The lowest BCUT2D eigenvalue weighted by atomic mass is 9.44. The van der Waals surface area contributed by atoms with Crippen molar-refractivity contribution in [2.75, 3.05) is 6.61 Å². The van der Waals surface area contributed by atoms with E-state index in [-0.39, 0.29) is 18.1 Å². The fourth-order valence-electron chi connectivity index (χ4n) is 7.26. The zero-order chi connectivity index (χ0) is 20.7. The average Bonchev–Trinajstić information content (AvgIpc) is 2.84. The van der Waals surface area contributed by atoms with Gasteiger partial charge in [0.15, 0.2) is 17.2 Å². The van der Waals surface area contributed by atoms with Gasteiger partial charge in [-0.2, -0.15) is 0 Å². The van der Waals surface area contributed by atoms with Crippen molar-refractivity contribution in [1.82, 2.24) is 0 Å². The van der Waals surface area contributed by atoms with Crippen molar-refractivity contribution >= 4 is 11.6 Å². The molecule has 0 bridgehead atoms. The molecule has 8 atom stereocenters. The molecule has 0 saturated heterocycles. The van der Waals surface area contributed by atoms with Gasteiger partial charge in [-0.15, -0.1) is 0 Å². The van der Waals surface area contributed by atoms with Gasteiger partial charge in [0.25, 0.3) is 0 Å².